The molecule has 1 atom stereocenters. The van der Waals surface area contributed by atoms with Crippen LogP contribution >= 0.6 is 0 Å². The van der Waals surface area contributed by atoms with Gasteiger partial charge in [-0.05, 0) is 49.2 Å². The number of ether oxygens (including phenoxy) is 1. The topological polar surface area (TPSA) is 84.6 Å². The van der Waals surface area contributed by atoms with Crippen LogP contribution in [0.25, 0.3) is 11.5 Å². The molecule has 0 bridgehead atoms. The number of carboxylic acid groups (broad SMARTS) is 1. The highest BCUT2D eigenvalue weighted by Crippen LogP contribution is 2.22. The van der Waals surface area contributed by atoms with Gasteiger partial charge >= 0.3 is 5.97 Å². The average Bonchev–Trinajstić information content (AvgIpc) is 3.24. The Morgan fingerprint density at radius 1 is 1.08 bits per heavy atom. The van der Waals surface area contributed by atoms with Crippen LogP contribution in [-0.4, -0.2) is 28.7 Å². The van der Waals surface area contributed by atoms with Gasteiger partial charge in [-0.1, -0.05) is 36.4 Å². The van der Waals surface area contributed by atoms with Crippen LogP contribution in [-0.2, 0) is 24.2 Å². The molecule has 0 radical (unpaired) electrons. The summed E-state index contributed by atoms with van der Waals surface area (Å²) in [6.45, 7) is 2.25. The van der Waals surface area contributed by atoms with Crippen LogP contribution in [0.5, 0.6) is 5.75 Å². The fourth-order valence-electron chi connectivity index (χ4n) is 3.73. The normalized spacial score (nSPS) is 11.9. The molecule has 186 valence electrons. The zero-order valence-corrected chi connectivity index (χ0v) is 19.7. The Kier molecular flexibility index (Phi) is 8.07. The first-order valence-corrected chi connectivity index (χ1v) is 11.5. The van der Waals surface area contributed by atoms with E-state index in [1.807, 2.05) is 37.3 Å². The number of aliphatic carboxylic acids is 1. The van der Waals surface area contributed by atoms with E-state index in [-0.39, 0.29) is 18.5 Å². The summed E-state index contributed by atoms with van der Waals surface area (Å²) in [7, 11) is 0. The van der Waals surface area contributed by atoms with Crippen LogP contribution in [0.15, 0.2) is 77.2 Å². The molecule has 4 rings (SSSR count). The van der Waals surface area contributed by atoms with Crippen LogP contribution in [0.1, 0.15) is 22.6 Å². The number of carboxylic acids is 1. The molecule has 0 spiro atoms. The van der Waals surface area contributed by atoms with Crippen molar-refractivity contribution < 1.29 is 27.8 Å². The Morgan fingerprint density at radius 2 is 1.83 bits per heavy atom. The highest BCUT2D eigenvalue weighted by Gasteiger charge is 2.18. The van der Waals surface area contributed by atoms with Crippen LogP contribution in [0.2, 0.25) is 0 Å². The molecule has 0 aliphatic carbocycles. The van der Waals surface area contributed by atoms with E-state index in [9.17, 15) is 18.7 Å². The molecule has 0 saturated heterocycles. The molecule has 2 N–H and O–H groups in total. The molecule has 0 aliphatic rings. The number of aromatic nitrogens is 1. The predicted octanol–water partition coefficient (Wildman–Crippen LogP) is 5.34. The molecule has 0 amide bonds. The zero-order chi connectivity index (χ0) is 25.5. The van der Waals surface area contributed by atoms with Gasteiger partial charge in [-0.2, -0.15) is 0 Å². The van der Waals surface area contributed by atoms with Gasteiger partial charge in [0.25, 0.3) is 0 Å². The summed E-state index contributed by atoms with van der Waals surface area (Å²) < 4.78 is 38.5. The molecule has 8 heteroatoms. The lowest BCUT2D eigenvalue weighted by Crippen LogP contribution is -2.38. The zero-order valence-electron chi connectivity index (χ0n) is 19.7. The van der Waals surface area contributed by atoms with Crippen LogP contribution in [0.3, 0.4) is 0 Å². The molecule has 1 heterocycles. The van der Waals surface area contributed by atoms with Crippen molar-refractivity contribution in [2.24, 2.45) is 0 Å². The number of halogens is 2. The van der Waals surface area contributed by atoms with Gasteiger partial charge in [-0.3, -0.25) is 10.1 Å². The fraction of sp³-hybridized carbons (Fsp3) is 0.214. The van der Waals surface area contributed by atoms with Crippen LogP contribution in [0.4, 0.5) is 8.78 Å². The second kappa shape index (κ2) is 11.6. The van der Waals surface area contributed by atoms with Crippen molar-refractivity contribution in [1.82, 2.24) is 10.3 Å². The molecule has 36 heavy (non-hydrogen) atoms. The summed E-state index contributed by atoms with van der Waals surface area (Å²) >= 11 is 0. The average molecular weight is 493 g/mol. The first-order chi connectivity index (χ1) is 17.4. The van der Waals surface area contributed by atoms with Crippen molar-refractivity contribution in [3.63, 3.8) is 0 Å². The molecule has 0 unspecified atom stereocenters. The molecule has 0 fully saturated rings. The Labute approximate surface area is 207 Å². The number of nitrogens with zero attached hydrogens (tertiary/aromatic N) is 1. The summed E-state index contributed by atoms with van der Waals surface area (Å²) in [4.78, 5) is 16.2. The van der Waals surface area contributed by atoms with Crippen LogP contribution in [0, 0.1) is 18.6 Å². The smallest absolute Gasteiger partial charge is 0.321 e. The van der Waals surface area contributed by atoms with Crippen LogP contribution < -0.4 is 10.1 Å². The van der Waals surface area contributed by atoms with E-state index in [0.717, 1.165) is 34.7 Å². The summed E-state index contributed by atoms with van der Waals surface area (Å²) in [5.41, 5.74) is 2.73. The van der Waals surface area contributed by atoms with Crippen molar-refractivity contribution in [3.05, 3.63) is 107 Å². The maximum Gasteiger partial charge on any atom is 0.321 e. The molecule has 0 aliphatic heterocycles. The van der Waals surface area contributed by atoms with Crippen molar-refractivity contribution in [1.29, 1.82) is 0 Å². The highest BCUT2D eigenvalue weighted by molar-refractivity contribution is 5.74. The second-order valence-corrected chi connectivity index (χ2v) is 8.34. The maximum absolute atomic E-state index is 13.8. The number of benzene rings is 3. The number of aryl methyl sites for hydroxylation is 1. The van der Waals surface area contributed by atoms with E-state index in [0.29, 0.717) is 24.7 Å². The minimum Gasteiger partial charge on any atom is -0.493 e. The van der Waals surface area contributed by atoms with E-state index < -0.39 is 23.6 Å². The first-order valence-electron chi connectivity index (χ1n) is 11.5. The lowest BCUT2D eigenvalue weighted by molar-refractivity contribution is -0.139. The molecule has 1 aromatic heterocycles. The molecule has 6 nitrogen and oxygen atoms in total. The summed E-state index contributed by atoms with van der Waals surface area (Å²) in [5, 5.41) is 12.4. The first kappa shape index (κ1) is 25.1. The van der Waals surface area contributed by atoms with Gasteiger partial charge in [0.2, 0.25) is 5.89 Å². The van der Waals surface area contributed by atoms with Gasteiger partial charge in [0, 0.05) is 30.2 Å². The van der Waals surface area contributed by atoms with Gasteiger partial charge in [0.1, 0.15) is 29.2 Å². The van der Waals surface area contributed by atoms with E-state index in [2.05, 4.69) is 10.3 Å². The van der Waals surface area contributed by atoms with Gasteiger partial charge in [0.05, 0.1) is 12.3 Å². The predicted molar refractivity (Wildman–Crippen MR) is 131 cm³/mol. The van der Waals surface area contributed by atoms with Gasteiger partial charge in [-0.15, -0.1) is 0 Å². The van der Waals surface area contributed by atoms with E-state index in [1.165, 1.54) is 6.07 Å². The van der Waals surface area contributed by atoms with E-state index in [4.69, 9.17) is 9.15 Å². The van der Waals surface area contributed by atoms with Crippen molar-refractivity contribution in [2.45, 2.75) is 32.4 Å². The second-order valence-electron chi connectivity index (χ2n) is 8.34. The number of hydrogen-bond donors (Lipinski definition) is 2. The lowest BCUT2D eigenvalue weighted by atomic mass is 10.1. The summed E-state index contributed by atoms with van der Waals surface area (Å²) in [6.07, 6.45) is 0.772. The molecular weight excluding hydrogens is 466 g/mol. The summed E-state index contributed by atoms with van der Waals surface area (Å²) in [5.74, 6) is -0.476. The standard InChI is InChI=1S/C28H26F2N2O4/c1-18-25(32-27(36-18)20-5-3-2-4-6-20)13-14-35-23-11-7-19(8-12-23)15-26(28(33)34)31-17-21-9-10-22(29)16-24(21)30/h2-12,16,26,31H,13-15,17H2,1H3,(H,33,34)/t26-/m0/s1. The monoisotopic (exact) mass is 492 g/mol. The molecule has 4 aromatic rings. The van der Waals surface area contributed by atoms with Crippen molar-refractivity contribution in [3.8, 4) is 17.2 Å². The third-order valence-electron chi connectivity index (χ3n) is 5.74. The van der Waals surface area contributed by atoms with E-state index in [1.54, 1.807) is 24.3 Å². The molecule has 3 aromatic carbocycles. The maximum atomic E-state index is 13.8. The minimum atomic E-state index is -1.06. The number of carbonyl (C=O) groups is 1. The molecular formula is C28H26F2N2O4. The number of rotatable bonds is 11. The fourth-order valence-corrected chi connectivity index (χ4v) is 3.73. The Balaban J connectivity index is 1.29. The SMILES string of the molecule is Cc1oc(-c2ccccc2)nc1CCOc1ccc(C[C@H](NCc2ccc(F)cc2F)C(=O)O)cc1. The van der Waals surface area contributed by atoms with Crippen molar-refractivity contribution in [2.75, 3.05) is 6.61 Å². The number of hydrogen-bond acceptors (Lipinski definition) is 5. The van der Waals surface area contributed by atoms with Crippen molar-refractivity contribution >= 4 is 5.97 Å². The van der Waals surface area contributed by atoms with Gasteiger partial charge in [-0.25, -0.2) is 13.8 Å². The Morgan fingerprint density at radius 3 is 2.53 bits per heavy atom. The Hall–Kier alpha value is -4.04. The Bertz CT molecular complexity index is 1310. The van der Waals surface area contributed by atoms with E-state index >= 15 is 0 Å². The lowest BCUT2D eigenvalue weighted by Gasteiger charge is -2.15. The van der Waals surface area contributed by atoms with Gasteiger partial charge < -0.3 is 14.3 Å². The number of oxazole rings is 1. The third-order valence-corrected chi connectivity index (χ3v) is 5.74. The quantitative estimate of drug-likeness (QED) is 0.294. The third kappa shape index (κ3) is 6.55. The highest BCUT2D eigenvalue weighted by atomic mass is 19.1. The minimum absolute atomic E-state index is 0.0300. The van der Waals surface area contributed by atoms with Gasteiger partial charge in [0.15, 0.2) is 0 Å². The number of nitrogens with one attached hydrogen (secondary N) is 1. The summed E-state index contributed by atoms with van der Waals surface area (Å²) in [6, 6.07) is 19.1. The largest absolute Gasteiger partial charge is 0.493 e. The molecule has 0 saturated carbocycles.